The van der Waals surface area contributed by atoms with Crippen molar-refractivity contribution in [2.75, 3.05) is 32.1 Å². The Labute approximate surface area is 108 Å². The second-order valence-electron chi connectivity index (χ2n) is 4.22. The summed E-state index contributed by atoms with van der Waals surface area (Å²) in [5.41, 5.74) is 2.18. The van der Waals surface area contributed by atoms with Gasteiger partial charge in [-0.05, 0) is 38.1 Å². The van der Waals surface area contributed by atoms with Gasteiger partial charge in [-0.15, -0.1) is 0 Å². The van der Waals surface area contributed by atoms with Gasteiger partial charge in [-0.3, -0.25) is 0 Å². The van der Waals surface area contributed by atoms with Gasteiger partial charge in [-0.2, -0.15) is 0 Å². The zero-order valence-electron chi connectivity index (χ0n) is 10.7. The van der Waals surface area contributed by atoms with Gasteiger partial charge >= 0.3 is 0 Å². The van der Waals surface area contributed by atoms with E-state index in [-0.39, 0.29) is 6.61 Å². The lowest BCUT2D eigenvalue weighted by Crippen LogP contribution is -2.20. The molecule has 0 aromatic heterocycles. The van der Waals surface area contributed by atoms with E-state index < -0.39 is 0 Å². The SMILES string of the molecule is CNC(C)c1ccc(N(C)CCCO)c(Cl)c1. The molecular weight excluding hydrogens is 236 g/mol. The van der Waals surface area contributed by atoms with Crippen molar-refractivity contribution in [1.29, 1.82) is 0 Å². The second-order valence-corrected chi connectivity index (χ2v) is 4.63. The minimum absolute atomic E-state index is 0.205. The van der Waals surface area contributed by atoms with E-state index in [9.17, 15) is 0 Å². The Morgan fingerprint density at radius 3 is 2.71 bits per heavy atom. The summed E-state index contributed by atoms with van der Waals surface area (Å²) in [5.74, 6) is 0. The van der Waals surface area contributed by atoms with E-state index >= 15 is 0 Å². The van der Waals surface area contributed by atoms with Crippen LogP contribution in [0.5, 0.6) is 0 Å². The highest BCUT2D eigenvalue weighted by Gasteiger charge is 2.09. The number of hydrogen-bond acceptors (Lipinski definition) is 3. The molecule has 0 radical (unpaired) electrons. The molecule has 3 nitrogen and oxygen atoms in total. The van der Waals surface area contributed by atoms with Crippen LogP contribution in [0.4, 0.5) is 5.69 Å². The van der Waals surface area contributed by atoms with Crippen LogP contribution in [0.25, 0.3) is 0 Å². The molecule has 0 amide bonds. The van der Waals surface area contributed by atoms with E-state index in [2.05, 4.69) is 23.2 Å². The molecule has 0 aliphatic carbocycles. The first-order valence-corrected chi connectivity index (χ1v) is 6.26. The van der Waals surface area contributed by atoms with Gasteiger partial charge in [0, 0.05) is 26.2 Å². The summed E-state index contributed by atoms with van der Waals surface area (Å²) in [6.45, 7) is 3.11. The largest absolute Gasteiger partial charge is 0.396 e. The molecule has 1 atom stereocenters. The molecule has 0 saturated carbocycles. The van der Waals surface area contributed by atoms with Crippen molar-refractivity contribution in [3.63, 3.8) is 0 Å². The molecule has 0 spiro atoms. The van der Waals surface area contributed by atoms with Crippen LogP contribution < -0.4 is 10.2 Å². The van der Waals surface area contributed by atoms with Gasteiger partial charge in [0.2, 0.25) is 0 Å². The van der Waals surface area contributed by atoms with Gasteiger partial charge in [0.15, 0.2) is 0 Å². The van der Waals surface area contributed by atoms with Gasteiger partial charge in [0.05, 0.1) is 10.7 Å². The van der Waals surface area contributed by atoms with E-state index in [1.54, 1.807) is 0 Å². The zero-order chi connectivity index (χ0) is 12.8. The summed E-state index contributed by atoms with van der Waals surface area (Å²) in [6.07, 6.45) is 0.751. The van der Waals surface area contributed by atoms with Crippen molar-refractivity contribution >= 4 is 17.3 Å². The van der Waals surface area contributed by atoms with Crippen LogP contribution in [0.1, 0.15) is 24.9 Å². The van der Waals surface area contributed by atoms with E-state index in [0.29, 0.717) is 6.04 Å². The Morgan fingerprint density at radius 2 is 2.18 bits per heavy atom. The van der Waals surface area contributed by atoms with Crippen molar-refractivity contribution in [3.05, 3.63) is 28.8 Å². The van der Waals surface area contributed by atoms with Crippen LogP contribution in [0, 0.1) is 0 Å². The number of aliphatic hydroxyl groups excluding tert-OH is 1. The van der Waals surface area contributed by atoms with E-state index in [1.807, 2.05) is 26.2 Å². The Morgan fingerprint density at radius 1 is 1.47 bits per heavy atom. The van der Waals surface area contributed by atoms with Crippen molar-refractivity contribution < 1.29 is 5.11 Å². The van der Waals surface area contributed by atoms with Crippen LogP contribution in [0.3, 0.4) is 0 Å². The molecule has 0 fully saturated rings. The Balaban J connectivity index is 2.82. The third-order valence-corrected chi connectivity index (χ3v) is 3.27. The molecule has 4 heteroatoms. The average molecular weight is 257 g/mol. The van der Waals surface area contributed by atoms with Crippen LogP contribution in [-0.4, -0.2) is 32.4 Å². The van der Waals surface area contributed by atoms with Gasteiger partial charge in [0.25, 0.3) is 0 Å². The van der Waals surface area contributed by atoms with Crippen LogP contribution >= 0.6 is 11.6 Å². The molecule has 0 aliphatic rings. The summed E-state index contributed by atoms with van der Waals surface area (Å²) < 4.78 is 0. The van der Waals surface area contributed by atoms with Crippen molar-refractivity contribution in [2.24, 2.45) is 0 Å². The highest BCUT2D eigenvalue weighted by molar-refractivity contribution is 6.33. The minimum atomic E-state index is 0.205. The monoisotopic (exact) mass is 256 g/mol. The molecule has 2 N–H and O–H groups in total. The van der Waals surface area contributed by atoms with E-state index in [1.165, 1.54) is 5.56 Å². The summed E-state index contributed by atoms with van der Waals surface area (Å²) in [6, 6.07) is 6.40. The number of hydrogen-bond donors (Lipinski definition) is 2. The van der Waals surface area contributed by atoms with Crippen LogP contribution in [0.2, 0.25) is 5.02 Å². The van der Waals surface area contributed by atoms with Crippen LogP contribution in [-0.2, 0) is 0 Å². The molecule has 1 aromatic rings. The predicted octanol–water partition coefficient (Wildman–Crippen LogP) is 2.44. The fourth-order valence-corrected chi connectivity index (χ4v) is 2.03. The van der Waals surface area contributed by atoms with Crippen LogP contribution in [0.15, 0.2) is 18.2 Å². The van der Waals surface area contributed by atoms with E-state index in [4.69, 9.17) is 16.7 Å². The maximum Gasteiger partial charge on any atom is 0.0642 e. The second kappa shape index (κ2) is 6.84. The molecule has 17 heavy (non-hydrogen) atoms. The lowest BCUT2D eigenvalue weighted by atomic mass is 10.1. The quantitative estimate of drug-likeness (QED) is 0.821. The molecule has 1 aromatic carbocycles. The lowest BCUT2D eigenvalue weighted by Gasteiger charge is -2.21. The smallest absolute Gasteiger partial charge is 0.0642 e. The van der Waals surface area contributed by atoms with Crippen molar-refractivity contribution in [3.8, 4) is 0 Å². The number of halogens is 1. The maximum atomic E-state index is 8.81. The zero-order valence-corrected chi connectivity index (χ0v) is 11.5. The highest BCUT2D eigenvalue weighted by atomic mass is 35.5. The molecule has 0 bridgehead atoms. The third kappa shape index (κ3) is 3.87. The first-order valence-electron chi connectivity index (χ1n) is 5.88. The number of aliphatic hydroxyl groups is 1. The molecule has 1 unspecified atom stereocenters. The number of benzene rings is 1. The Kier molecular flexibility index (Phi) is 5.75. The fourth-order valence-electron chi connectivity index (χ4n) is 1.70. The Bertz CT molecular complexity index is 357. The normalized spacial score (nSPS) is 12.5. The minimum Gasteiger partial charge on any atom is -0.396 e. The first kappa shape index (κ1) is 14.3. The molecular formula is C13H21ClN2O. The first-order chi connectivity index (χ1) is 8.10. The predicted molar refractivity (Wildman–Crippen MR) is 73.9 cm³/mol. The number of anilines is 1. The molecule has 0 aliphatic heterocycles. The van der Waals surface area contributed by atoms with Crippen molar-refractivity contribution in [1.82, 2.24) is 5.32 Å². The van der Waals surface area contributed by atoms with Gasteiger partial charge < -0.3 is 15.3 Å². The van der Waals surface area contributed by atoms with Crippen molar-refractivity contribution in [2.45, 2.75) is 19.4 Å². The van der Waals surface area contributed by atoms with E-state index in [0.717, 1.165) is 23.7 Å². The standard InChI is InChI=1S/C13H21ClN2O/c1-10(15-2)11-5-6-13(12(14)9-11)16(3)7-4-8-17/h5-6,9-10,15,17H,4,7-8H2,1-3H3. The van der Waals surface area contributed by atoms with Gasteiger partial charge in [0.1, 0.15) is 0 Å². The maximum absolute atomic E-state index is 8.81. The number of nitrogens with zero attached hydrogens (tertiary/aromatic N) is 1. The lowest BCUT2D eigenvalue weighted by molar-refractivity contribution is 0.290. The summed E-state index contributed by atoms with van der Waals surface area (Å²) >= 11 is 6.27. The summed E-state index contributed by atoms with van der Waals surface area (Å²) in [5, 5.41) is 12.8. The van der Waals surface area contributed by atoms with Gasteiger partial charge in [-0.1, -0.05) is 17.7 Å². The highest BCUT2D eigenvalue weighted by Crippen LogP contribution is 2.28. The summed E-state index contributed by atoms with van der Waals surface area (Å²) in [4.78, 5) is 2.06. The third-order valence-electron chi connectivity index (χ3n) is 2.97. The fraction of sp³-hybridized carbons (Fsp3) is 0.538. The average Bonchev–Trinajstić information content (AvgIpc) is 2.34. The number of rotatable bonds is 6. The van der Waals surface area contributed by atoms with Gasteiger partial charge in [-0.25, -0.2) is 0 Å². The Hall–Kier alpha value is -0.770. The number of nitrogens with one attached hydrogen (secondary N) is 1. The molecule has 96 valence electrons. The topological polar surface area (TPSA) is 35.5 Å². The molecule has 1 rings (SSSR count). The molecule has 0 heterocycles. The molecule has 0 saturated heterocycles. The summed E-state index contributed by atoms with van der Waals surface area (Å²) in [7, 11) is 3.91.